The van der Waals surface area contributed by atoms with Crippen molar-refractivity contribution in [2.75, 3.05) is 32.7 Å². The zero-order valence-electron chi connectivity index (χ0n) is 16.2. The molecule has 2 aromatic rings. The van der Waals surface area contributed by atoms with Gasteiger partial charge in [-0.05, 0) is 24.6 Å². The fourth-order valence-electron chi connectivity index (χ4n) is 4.42. The number of piperazine rings is 1. The summed E-state index contributed by atoms with van der Waals surface area (Å²) in [5.41, 5.74) is 3.18. The van der Waals surface area contributed by atoms with E-state index in [1.54, 1.807) is 11.3 Å². The fraction of sp³-hybridized carbons (Fsp3) is 0.524. The van der Waals surface area contributed by atoms with Crippen LogP contribution in [0.25, 0.3) is 0 Å². The predicted molar refractivity (Wildman–Crippen MR) is 109 cm³/mol. The molecule has 1 aromatic carbocycles. The van der Waals surface area contributed by atoms with Gasteiger partial charge in [0.2, 0.25) is 5.91 Å². The van der Waals surface area contributed by atoms with Gasteiger partial charge in [-0.1, -0.05) is 31.2 Å². The minimum Gasteiger partial charge on any atom is -0.348 e. The number of aromatic nitrogens is 1. The van der Waals surface area contributed by atoms with Crippen LogP contribution in [-0.2, 0) is 24.2 Å². The molecular weight excluding hydrogens is 356 g/mol. The second kappa shape index (κ2) is 7.70. The topological polar surface area (TPSA) is 48.5 Å². The summed E-state index contributed by atoms with van der Waals surface area (Å²) in [7, 11) is 0. The van der Waals surface area contributed by atoms with E-state index >= 15 is 0 Å². The molecule has 1 amide bonds. The van der Waals surface area contributed by atoms with Crippen molar-refractivity contribution in [3.63, 3.8) is 0 Å². The van der Waals surface area contributed by atoms with Crippen LogP contribution in [0.1, 0.15) is 28.8 Å². The van der Waals surface area contributed by atoms with Crippen molar-refractivity contribution in [2.24, 2.45) is 0 Å². The summed E-state index contributed by atoms with van der Waals surface area (Å²) < 4.78 is 0. The number of hydrogen-bond acceptors (Lipinski definition) is 5. The number of amides is 1. The average molecular weight is 385 g/mol. The largest absolute Gasteiger partial charge is 0.348 e. The highest BCUT2D eigenvalue weighted by Crippen LogP contribution is 2.35. The van der Waals surface area contributed by atoms with Crippen molar-refractivity contribution >= 4 is 17.2 Å². The summed E-state index contributed by atoms with van der Waals surface area (Å²) in [6, 6.07) is 8.52. The molecule has 1 aliphatic carbocycles. The van der Waals surface area contributed by atoms with E-state index in [-0.39, 0.29) is 5.91 Å². The van der Waals surface area contributed by atoms with Crippen LogP contribution in [0, 0.1) is 6.92 Å². The smallest absolute Gasteiger partial charge is 0.241 e. The van der Waals surface area contributed by atoms with Crippen LogP contribution in [0.3, 0.4) is 0 Å². The summed E-state index contributed by atoms with van der Waals surface area (Å²) in [6.45, 7) is 9.77. The number of aryl methyl sites for hydroxylation is 1. The molecule has 144 valence electrons. The van der Waals surface area contributed by atoms with Gasteiger partial charge in [-0.15, -0.1) is 11.3 Å². The molecular formula is C21H28N4OS. The van der Waals surface area contributed by atoms with Gasteiger partial charge < -0.3 is 10.2 Å². The lowest BCUT2D eigenvalue weighted by atomic mass is 9.91. The number of nitrogens with zero attached hydrogens (tertiary/aromatic N) is 3. The molecule has 6 heteroatoms. The molecule has 0 atom stereocenters. The van der Waals surface area contributed by atoms with Gasteiger partial charge in [0.05, 0.1) is 6.54 Å². The molecule has 1 saturated heterocycles. The lowest BCUT2D eigenvalue weighted by Crippen LogP contribution is -2.64. The zero-order chi connectivity index (χ0) is 18.9. The van der Waals surface area contributed by atoms with Crippen LogP contribution in [0.15, 0.2) is 29.6 Å². The van der Waals surface area contributed by atoms with Crippen molar-refractivity contribution in [1.82, 2.24) is 20.1 Å². The molecule has 2 aliphatic rings. The first-order valence-electron chi connectivity index (χ1n) is 9.84. The van der Waals surface area contributed by atoms with Gasteiger partial charge in [-0.2, -0.15) is 0 Å². The molecule has 1 fully saturated rings. The minimum atomic E-state index is -0.462. The van der Waals surface area contributed by atoms with Gasteiger partial charge in [-0.3, -0.25) is 9.69 Å². The summed E-state index contributed by atoms with van der Waals surface area (Å²) >= 11 is 1.61. The van der Waals surface area contributed by atoms with Crippen molar-refractivity contribution in [3.05, 3.63) is 51.5 Å². The third-order valence-electron chi connectivity index (χ3n) is 6.00. The Balaban J connectivity index is 1.54. The summed E-state index contributed by atoms with van der Waals surface area (Å²) in [6.07, 6.45) is 1.61. The number of carbonyl (C=O) groups excluding carboxylic acids is 1. The highest BCUT2D eigenvalue weighted by molar-refractivity contribution is 7.09. The quantitative estimate of drug-likeness (QED) is 0.859. The van der Waals surface area contributed by atoms with Crippen LogP contribution in [0.2, 0.25) is 0 Å². The van der Waals surface area contributed by atoms with E-state index in [4.69, 9.17) is 0 Å². The van der Waals surface area contributed by atoms with E-state index in [9.17, 15) is 4.79 Å². The van der Waals surface area contributed by atoms with Crippen molar-refractivity contribution < 1.29 is 4.79 Å². The Morgan fingerprint density at radius 2 is 1.85 bits per heavy atom. The van der Waals surface area contributed by atoms with Gasteiger partial charge in [0.1, 0.15) is 10.5 Å². The minimum absolute atomic E-state index is 0.150. The number of nitrogens with one attached hydrogen (secondary N) is 1. The second-order valence-corrected chi connectivity index (χ2v) is 8.58. The first-order chi connectivity index (χ1) is 13.1. The van der Waals surface area contributed by atoms with Gasteiger partial charge in [0.25, 0.3) is 0 Å². The Morgan fingerprint density at radius 3 is 2.41 bits per heavy atom. The number of fused-ring (bicyclic) bond motifs is 1. The molecule has 5 nitrogen and oxygen atoms in total. The normalized spacial score (nSPS) is 19.8. The van der Waals surface area contributed by atoms with E-state index in [1.165, 1.54) is 11.1 Å². The van der Waals surface area contributed by atoms with Crippen molar-refractivity contribution in [3.8, 4) is 0 Å². The molecule has 1 N–H and O–H groups in total. The molecule has 0 saturated carbocycles. The maximum Gasteiger partial charge on any atom is 0.241 e. The summed E-state index contributed by atoms with van der Waals surface area (Å²) in [5, 5.41) is 6.21. The van der Waals surface area contributed by atoms with Crippen LogP contribution >= 0.6 is 11.3 Å². The highest BCUT2D eigenvalue weighted by atomic mass is 32.1. The van der Waals surface area contributed by atoms with Gasteiger partial charge in [-0.25, -0.2) is 4.98 Å². The molecule has 0 unspecified atom stereocenters. The molecule has 1 aliphatic heterocycles. The Hall–Kier alpha value is -1.76. The average Bonchev–Trinajstić information content (AvgIpc) is 3.30. The summed E-state index contributed by atoms with van der Waals surface area (Å²) in [4.78, 5) is 22.9. The third kappa shape index (κ3) is 3.66. The predicted octanol–water partition coefficient (Wildman–Crippen LogP) is 2.24. The number of hydrogen-bond donors (Lipinski definition) is 1. The Kier molecular flexibility index (Phi) is 5.30. The highest BCUT2D eigenvalue weighted by Gasteiger charge is 2.48. The molecule has 0 radical (unpaired) electrons. The van der Waals surface area contributed by atoms with E-state index in [0.717, 1.165) is 56.3 Å². The lowest BCUT2D eigenvalue weighted by Gasteiger charge is -2.44. The molecule has 27 heavy (non-hydrogen) atoms. The number of thiazole rings is 1. The van der Waals surface area contributed by atoms with Crippen LogP contribution in [-0.4, -0.2) is 59.0 Å². The Labute approximate surface area is 165 Å². The van der Waals surface area contributed by atoms with Crippen molar-refractivity contribution in [1.29, 1.82) is 0 Å². The third-order valence-corrected chi connectivity index (χ3v) is 6.97. The van der Waals surface area contributed by atoms with Crippen LogP contribution in [0.5, 0.6) is 0 Å². The fourth-order valence-corrected chi connectivity index (χ4v) is 5.13. The van der Waals surface area contributed by atoms with Crippen molar-refractivity contribution in [2.45, 2.75) is 38.8 Å². The van der Waals surface area contributed by atoms with E-state index in [1.807, 2.05) is 12.3 Å². The first kappa shape index (κ1) is 18.6. The van der Waals surface area contributed by atoms with E-state index in [2.05, 4.69) is 51.3 Å². The first-order valence-corrected chi connectivity index (χ1v) is 10.7. The monoisotopic (exact) mass is 384 g/mol. The Morgan fingerprint density at radius 1 is 1.19 bits per heavy atom. The van der Waals surface area contributed by atoms with Gasteiger partial charge in [0.15, 0.2) is 0 Å². The molecule has 1 aromatic heterocycles. The van der Waals surface area contributed by atoms with Crippen LogP contribution in [0.4, 0.5) is 0 Å². The second-order valence-electron chi connectivity index (χ2n) is 7.64. The molecule has 4 rings (SSSR count). The van der Waals surface area contributed by atoms with E-state index in [0.29, 0.717) is 6.54 Å². The maximum absolute atomic E-state index is 13.5. The number of rotatable bonds is 5. The lowest BCUT2D eigenvalue weighted by molar-refractivity contribution is -0.135. The maximum atomic E-state index is 13.5. The standard InChI is InChI=1S/C21H28N4OS/c1-3-24-8-10-25(11-9-24)21(12-17-6-4-5-7-18(17)13-21)20(26)22-14-19-23-16(2)15-27-19/h4-7,15H,3,8-14H2,1-2H3,(H,22,26). The number of likely N-dealkylation sites (N-methyl/N-ethyl adjacent to an activating group) is 1. The molecule has 2 heterocycles. The SMILES string of the molecule is CCN1CCN(C2(C(=O)NCc3nc(C)cs3)Cc3ccccc3C2)CC1. The van der Waals surface area contributed by atoms with Gasteiger partial charge >= 0.3 is 0 Å². The summed E-state index contributed by atoms with van der Waals surface area (Å²) in [5.74, 6) is 0.150. The van der Waals surface area contributed by atoms with Gasteiger partial charge in [0, 0.05) is 50.1 Å². The zero-order valence-corrected chi connectivity index (χ0v) is 17.0. The Bertz CT molecular complexity index is 785. The van der Waals surface area contributed by atoms with E-state index < -0.39 is 5.54 Å². The number of carbonyl (C=O) groups is 1. The van der Waals surface area contributed by atoms with Crippen LogP contribution < -0.4 is 5.32 Å². The number of benzene rings is 1. The molecule has 0 bridgehead atoms. The molecule has 0 spiro atoms.